The lowest BCUT2D eigenvalue weighted by atomic mass is 10.0. The summed E-state index contributed by atoms with van der Waals surface area (Å²) in [5, 5.41) is 0. The molecule has 6 heteroatoms. The molecule has 5 nitrogen and oxygen atoms in total. The monoisotopic (exact) mass is 470 g/mol. The van der Waals surface area contributed by atoms with Gasteiger partial charge in [0.05, 0.1) is 13.2 Å². The molecule has 0 spiro atoms. The summed E-state index contributed by atoms with van der Waals surface area (Å²) < 4.78 is 22.8. The first-order chi connectivity index (χ1) is 16.6. The second-order valence-corrected chi connectivity index (χ2v) is 8.69. The number of carbonyl (C=O) groups excluding carboxylic acids is 2. The molecule has 0 amide bonds. The zero-order valence-corrected chi connectivity index (χ0v) is 19.3. The summed E-state index contributed by atoms with van der Waals surface area (Å²) in [5.74, 6) is -0.108. The predicted molar refractivity (Wildman–Crippen MR) is 131 cm³/mol. The van der Waals surface area contributed by atoms with Crippen LogP contribution in [0.3, 0.4) is 0 Å². The van der Waals surface area contributed by atoms with Crippen molar-refractivity contribution in [3.05, 3.63) is 143 Å². The van der Waals surface area contributed by atoms with E-state index >= 15 is 0 Å². The predicted octanol–water partition coefficient (Wildman–Crippen LogP) is 6.27. The van der Waals surface area contributed by atoms with Crippen LogP contribution in [-0.4, -0.2) is 11.6 Å². The fraction of sp³-hybridized carbons (Fsp3) is 0.0714. The van der Waals surface area contributed by atoms with E-state index in [1.54, 1.807) is 72.8 Å². The van der Waals surface area contributed by atoms with Gasteiger partial charge in [0.1, 0.15) is 0 Å². The van der Waals surface area contributed by atoms with E-state index in [0.29, 0.717) is 22.3 Å². The van der Waals surface area contributed by atoms with Gasteiger partial charge < -0.3 is 9.05 Å². The van der Waals surface area contributed by atoms with Gasteiger partial charge >= 0.3 is 8.25 Å². The molecule has 170 valence electrons. The average Bonchev–Trinajstić information content (AvgIpc) is 2.91. The molecular weight excluding hydrogens is 447 g/mol. The summed E-state index contributed by atoms with van der Waals surface area (Å²) in [7, 11) is -2.71. The van der Waals surface area contributed by atoms with E-state index < -0.39 is 8.25 Å². The van der Waals surface area contributed by atoms with Crippen LogP contribution >= 0.6 is 8.25 Å². The third-order valence-electron chi connectivity index (χ3n) is 5.22. The van der Waals surface area contributed by atoms with Crippen LogP contribution in [0.4, 0.5) is 0 Å². The van der Waals surface area contributed by atoms with E-state index in [2.05, 4.69) is 0 Å². The highest BCUT2D eigenvalue weighted by molar-refractivity contribution is 7.33. The molecule has 0 atom stereocenters. The van der Waals surface area contributed by atoms with Gasteiger partial charge in [0, 0.05) is 22.3 Å². The van der Waals surface area contributed by atoms with Gasteiger partial charge in [0.15, 0.2) is 11.6 Å². The van der Waals surface area contributed by atoms with Gasteiger partial charge in [-0.05, 0) is 11.1 Å². The maximum absolute atomic E-state index is 12.5. The zero-order chi connectivity index (χ0) is 23.8. The standard InChI is InChI=1S/C28H23O5P/c29-27(23-7-3-1-4-8-23)25-15-11-21(12-16-25)19-32-34(31)33-20-22-13-17-26(18-14-22)28(30)24-9-5-2-6-10-24/h1-18,34H,19-20H2. The Balaban J connectivity index is 1.24. The van der Waals surface area contributed by atoms with Crippen molar-refractivity contribution in [3.8, 4) is 0 Å². The Kier molecular flexibility index (Phi) is 7.95. The van der Waals surface area contributed by atoms with Crippen molar-refractivity contribution in [3.63, 3.8) is 0 Å². The Labute approximate surface area is 198 Å². The summed E-state index contributed by atoms with van der Waals surface area (Å²) in [6, 6.07) is 32.1. The van der Waals surface area contributed by atoms with Crippen LogP contribution in [0.5, 0.6) is 0 Å². The summed E-state index contributed by atoms with van der Waals surface area (Å²) >= 11 is 0. The lowest BCUT2D eigenvalue weighted by Gasteiger charge is -2.08. The first-order valence-electron chi connectivity index (χ1n) is 10.8. The minimum atomic E-state index is -2.71. The number of hydrogen-bond donors (Lipinski definition) is 0. The largest absolute Gasteiger partial charge is 0.319 e. The Bertz CT molecular complexity index is 1170. The van der Waals surface area contributed by atoms with Crippen LogP contribution < -0.4 is 0 Å². The molecule has 4 rings (SSSR count). The molecule has 0 fully saturated rings. The van der Waals surface area contributed by atoms with Gasteiger partial charge in [0.2, 0.25) is 0 Å². The lowest BCUT2D eigenvalue weighted by molar-refractivity contribution is 0.103. The van der Waals surface area contributed by atoms with Crippen molar-refractivity contribution in [2.75, 3.05) is 0 Å². The average molecular weight is 470 g/mol. The summed E-state index contributed by atoms with van der Waals surface area (Å²) in [6.07, 6.45) is 0. The van der Waals surface area contributed by atoms with E-state index in [9.17, 15) is 14.2 Å². The number of benzene rings is 4. The SMILES string of the molecule is O=C(c1ccccc1)c1ccc(CO[PH](=O)OCc2ccc(C(=O)c3ccccc3)cc2)cc1. The van der Waals surface area contributed by atoms with E-state index in [1.807, 2.05) is 36.4 Å². The molecule has 0 saturated heterocycles. The van der Waals surface area contributed by atoms with Crippen molar-refractivity contribution < 1.29 is 23.2 Å². The van der Waals surface area contributed by atoms with Crippen LogP contribution in [0.25, 0.3) is 0 Å². The van der Waals surface area contributed by atoms with E-state index in [0.717, 1.165) is 11.1 Å². The third-order valence-corrected chi connectivity index (χ3v) is 5.98. The van der Waals surface area contributed by atoms with Gasteiger partial charge in [-0.25, -0.2) is 0 Å². The van der Waals surface area contributed by atoms with Gasteiger partial charge in [0.25, 0.3) is 0 Å². The third kappa shape index (κ3) is 6.24. The maximum Gasteiger partial charge on any atom is 0.319 e. The van der Waals surface area contributed by atoms with E-state index in [-0.39, 0.29) is 24.8 Å². The molecule has 4 aromatic carbocycles. The fourth-order valence-corrected chi connectivity index (χ4v) is 4.00. The summed E-state index contributed by atoms with van der Waals surface area (Å²) in [4.78, 5) is 24.9. The molecule has 0 aromatic heterocycles. The fourth-order valence-electron chi connectivity index (χ4n) is 3.34. The quantitative estimate of drug-likeness (QED) is 0.202. The summed E-state index contributed by atoms with van der Waals surface area (Å²) in [6.45, 7) is 0.226. The second kappa shape index (κ2) is 11.5. The Morgan fingerprint density at radius 3 is 1.18 bits per heavy atom. The van der Waals surface area contributed by atoms with Crippen LogP contribution in [0.15, 0.2) is 109 Å². The van der Waals surface area contributed by atoms with Gasteiger partial charge in [-0.1, -0.05) is 109 Å². The number of rotatable bonds is 10. The van der Waals surface area contributed by atoms with Gasteiger partial charge in [-0.3, -0.25) is 14.2 Å². The number of hydrogen-bond acceptors (Lipinski definition) is 5. The molecule has 0 saturated carbocycles. The lowest BCUT2D eigenvalue weighted by Crippen LogP contribution is -2.01. The number of ketones is 2. The zero-order valence-electron chi connectivity index (χ0n) is 18.3. The summed E-state index contributed by atoms with van der Waals surface area (Å²) in [5.41, 5.74) is 3.98. The topological polar surface area (TPSA) is 69.7 Å². The van der Waals surface area contributed by atoms with Crippen LogP contribution in [0, 0.1) is 0 Å². The highest BCUT2D eigenvalue weighted by Gasteiger charge is 2.10. The minimum Gasteiger partial charge on any atom is -0.306 e. The second-order valence-electron chi connectivity index (χ2n) is 7.61. The molecule has 0 aliphatic carbocycles. The van der Waals surface area contributed by atoms with Crippen molar-refractivity contribution >= 4 is 19.8 Å². The molecule has 34 heavy (non-hydrogen) atoms. The van der Waals surface area contributed by atoms with Crippen molar-refractivity contribution in [1.82, 2.24) is 0 Å². The maximum atomic E-state index is 12.5. The van der Waals surface area contributed by atoms with Crippen molar-refractivity contribution in [1.29, 1.82) is 0 Å². The molecule has 0 radical (unpaired) electrons. The van der Waals surface area contributed by atoms with Crippen LogP contribution in [0.1, 0.15) is 43.0 Å². The molecule has 0 unspecified atom stereocenters. The van der Waals surface area contributed by atoms with E-state index in [4.69, 9.17) is 9.05 Å². The molecule has 0 aliphatic rings. The highest BCUT2D eigenvalue weighted by Crippen LogP contribution is 2.27. The molecular formula is C28H23O5P. The van der Waals surface area contributed by atoms with E-state index in [1.165, 1.54) is 0 Å². The molecule has 0 heterocycles. The smallest absolute Gasteiger partial charge is 0.306 e. The van der Waals surface area contributed by atoms with Gasteiger partial charge in [-0.15, -0.1) is 0 Å². The molecule has 0 aliphatic heterocycles. The first kappa shape index (κ1) is 23.5. The van der Waals surface area contributed by atoms with Crippen molar-refractivity contribution in [2.45, 2.75) is 13.2 Å². The van der Waals surface area contributed by atoms with Gasteiger partial charge in [-0.2, -0.15) is 0 Å². The van der Waals surface area contributed by atoms with Crippen LogP contribution in [-0.2, 0) is 26.8 Å². The van der Waals surface area contributed by atoms with Crippen molar-refractivity contribution in [2.24, 2.45) is 0 Å². The Hall–Kier alpha value is -3.63. The molecule has 0 bridgehead atoms. The molecule has 0 N–H and O–H groups in total. The van der Waals surface area contributed by atoms with Crippen LogP contribution in [0.2, 0.25) is 0 Å². The Morgan fingerprint density at radius 2 is 0.824 bits per heavy atom. The first-order valence-corrected chi connectivity index (χ1v) is 12.0. The number of carbonyl (C=O) groups is 2. The highest BCUT2D eigenvalue weighted by atomic mass is 31.1. The Morgan fingerprint density at radius 1 is 0.500 bits per heavy atom. The minimum absolute atomic E-state index is 0.0542. The normalized spacial score (nSPS) is 10.9. The molecule has 4 aromatic rings.